The van der Waals surface area contributed by atoms with Crippen molar-refractivity contribution in [2.45, 2.75) is 32.9 Å². The predicted molar refractivity (Wildman–Crippen MR) is 136 cm³/mol. The van der Waals surface area contributed by atoms with Gasteiger partial charge in [-0.15, -0.1) is 0 Å². The number of carboxylic acids is 2. The van der Waals surface area contributed by atoms with E-state index in [2.05, 4.69) is 10.4 Å². The fraction of sp³-hybridized carbons (Fsp3) is 0.308. The van der Waals surface area contributed by atoms with Gasteiger partial charge in [-0.05, 0) is 62.6 Å². The number of nitrogens with one attached hydrogen (secondary N) is 1. The Bertz CT molecular complexity index is 1350. The Morgan fingerprint density at radius 2 is 1.67 bits per heavy atom. The number of carbonyl (C=O) groups is 3. The molecule has 0 spiro atoms. The van der Waals surface area contributed by atoms with E-state index in [0.29, 0.717) is 12.2 Å². The van der Waals surface area contributed by atoms with Crippen molar-refractivity contribution >= 4 is 29.2 Å². The summed E-state index contributed by atoms with van der Waals surface area (Å²) < 4.78 is 47.4. The van der Waals surface area contributed by atoms with Crippen molar-refractivity contribution < 1.29 is 42.2 Å². The second-order valence-electron chi connectivity index (χ2n) is 8.57. The lowest BCUT2D eigenvalue weighted by molar-refractivity contribution is -0.192. The molecular weight excluding hydrogens is 524 g/mol. The van der Waals surface area contributed by atoms with Gasteiger partial charge >= 0.3 is 18.1 Å². The molecule has 3 N–H and O–H groups in total. The van der Waals surface area contributed by atoms with E-state index in [1.807, 2.05) is 37.5 Å². The fourth-order valence-electron chi connectivity index (χ4n) is 3.75. The lowest BCUT2D eigenvalue weighted by Gasteiger charge is -2.22. The van der Waals surface area contributed by atoms with Gasteiger partial charge in [0, 0.05) is 32.0 Å². The van der Waals surface area contributed by atoms with Crippen LogP contribution in [0, 0.1) is 19.7 Å². The third-order valence-corrected chi connectivity index (χ3v) is 5.84. The van der Waals surface area contributed by atoms with Crippen LogP contribution in [0.5, 0.6) is 0 Å². The van der Waals surface area contributed by atoms with E-state index in [4.69, 9.17) is 9.90 Å². The van der Waals surface area contributed by atoms with Crippen molar-refractivity contribution in [2.24, 2.45) is 7.05 Å². The van der Waals surface area contributed by atoms with Gasteiger partial charge in [0.2, 0.25) is 0 Å². The van der Waals surface area contributed by atoms with Crippen LogP contribution in [-0.4, -0.2) is 57.6 Å². The first-order chi connectivity index (χ1) is 18.1. The first kappa shape index (κ1) is 30.8. The van der Waals surface area contributed by atoms with Gasteiger partial charge in [-0.2, -0.15) is 18.3 Å². The maximum absolute atomic E-state index is 13.8. The van der Waals surface area contributed by atoms with E-state index >= 15 is 0 Å². The van der Waals surface area contributed by atoms with E-state index in [9.17, 15) is 32.3 Å². The number of halogens is 4. The minimum atomic E-state index is -5.08. The van der Waals surface area contributed by atoms with Crippen LogP contribution in [0.25, 0.3) is 0 Å². The summed E-state index contributed by atoms with van der Waals surface area (Å²) in [6.07, 6.45) is -3.41. The zero-order valence-electron chi connectivity index (χ0n) is 21.6. The van der Waals surface area contributed by atoms with Crippen molar-refractivity contribution in [1.29, 1.82) is 0 Å². The number of aromatic carboxylic acids is 1. The van der Waals surface area contributed by atoms with Crippen LogP contribution >= 0.6 is 0 Å². The maximum atomic E-state index is 13.8. The van der Waals surface area contributed by atoms with Gasteiger partial charge in [0.25, 0.3) is 5.91 Å². The van der Waals surface area contributed by atoms with Crippen molar-refractivity contribution in [3.63, 3.8) is 0 Å². The highest BCUT2D eigenvalue weighted by atomic mass is 19.4. The topological polar surface area (TPSA) is 125 Å². The molecule has 210 valence electrons. The molecule has 0 aliphatic rings. The van der Waals surface area contributed by atoms with E-state index in [-0.39, 0.29) is 16.8 Å². The number of anilines is 2. The normalized spacial score (nSPS) is 10.9. The Morgan fingerprint density at radius 1 is 1.05 bits per heavy atom. The number of alkyl halides is 3. The fourth-order valence-corrected chi connectivity index (χ4v) is 3.75. The molecule has 0 aliphatic carbocycles. The Kier molecular flexibility index (Phi) is 10.2. The number of aromatic nitrogens is 2. The summed E-state index contributed by atoms with van der Waals surface area (Å²) in [6.45, 7) is 4.67. The number of nitrogens with zero attached hydrogens (tertiary/aromatic N) is 3. The molecule has 39 heavy (non-hydrogen) atoms. The number of aryl methyl sites for hydroxylation is 2. The molecule has 0 atom stereocenters. The summed E-state index contributed by atoms with van der Waals surface area (Å²) in [5.41, 5.74) is 4.14. The molecule has 0 aliphatic heterocycles. The van der Waals surface area contributed by atoms with Crippen LogP contribution in [0.1, 0.15) is 44.1 Å². The second kappa shape index (κ2) is 12.9. The summed E-state index contributed by atoms with van der Waals surface area (Å²) in [5, 5.41) is 23.8. The molecule has 0 unspecified atom stereocenters. The van der Waals surface area contributed by atoms with Crippen LogP contribution in [0.15, 0.2) is 42.5 Å². The number of aliphatic carboxylic acids is 1. The maximum Gasteiger partial charge on any atom is 0.490 e. The zero-order chi connectivity index (χ0) is 29.5. The molecule has 1 aromatic heterocycles. The molecule has 13 heteroatoms. The van der Waals surface area contributed by atoms with Crippen molar-refractivity contribution in [3.8, 4) is 0 Å². The molecule has 0 radical (unpaired) electrons. The van der Waals surface area contributed by atoms with Crippen LogP contribution in [0.4, 0.5) is 28.9 Å². The standard InChI is InChI=1S/C24H27FN4O3.C2HF3O2/c1-15-18(16(2)29(4)27-15)9-7-13-28(3)22-12-11-17(14-20(22)24(31)32)26-23(30)19-8-5-6-10-21(19)25;3-2(4,5)1(6)7/h5-6,8,10-12,14H,7,9,13H2,1-4H3,(H,26,30)(H,31,32);(H,6,7). The van der Waals surface area contributed by atoms with Crippen LogP contribution < -0.4 is 10.2 Å². The summed E-state index contributed by atoms with van der Waals surface area (Å²) in [6, 6.07) is 10.3. The van der Waals surface area contributed by atoms with Crippen molar-refractivity contribution in [2.75, 3.05) is 23.8 Å². The molecule has 3 rings (SSSR count). The molecule has 3 aromatic rings. The lowest BCUT2D eigenvalue weighted by Crippen LogP contribution is -2.22. The van der Waals surface area contributed by atoms with E-state index in [0.717, 1.165) is 24.2 Å². The van der Waals surface area contributed by atoms with Gasteiger partial charge < -0.3 is 20.4 Å². The van der Waals surface area contributed by atoms with Crippen LogP contribution in [0.3, 0.4) is 0 Å². The van der Waals surface area contributed by atoms with E-state index in [1.165, 1.54) is 29.8 Å². The zero-order valence-corrected chi connectivity index (χ0v) is 21.6. The number of carbonyl (C=O) groups excluding carboxylic acids is 1. The number of rotatable bonds is 8. The summed E-state index contributed by atoms with van der Waals surface area (Å²) >= 11 is 0. The summed E-state index contributed by atoms with van der Waals surface area (Å²) in [5.74, 6) is -5.14. The van der Waals surface area contributed by atoms with Gasteiger partial charge in [-0.25, -0.2) is 14.0 Å². The van der Waals surface area contributed by atoms with Crippen LogP contribution in [-0.2, 0) is 18.3 Å². The molecule has 0 saturated carbocycles. The largest absolute Gasteiger partial charge is 0.490 e. The number of hydrogen-bond acceptors (Lipinski definition) is 5. The average molecular weight is 553 g/mol. The van der Waals surface area contributed by atoms with Gasteiger partial charge in [-0.3, -0.25) is 9.48 Å². The molecule has 1 amide bonds. The highest BCUT2D eigenvalue weighted by Crippen LogP contribution is 2.25. The van der Waals surface area contributed by atoms with Gasteiger partial charge in [0.05, 0.1) is 22.5 Å². The highest BCUT2D eigenvalue weighted by Gasteiger charge is 2.38. The number of benzene rings is 2. The molecule has 0 bridgehead atoms. The molecule has 1 heterocycles. The second-order valence-corrected chi connectivity index (χ2v) is 8.57. The quantitative estimate of drug-likeness (QED) is 0.342. The monoisotopic (exact) mass is 552 g/mol. The third kappa shape index (κ3) is 8.28. The Balaban J connectivity index is 0.000000673. The van der Waals surface area contributed by atoms with Crippen molar-refractivity contribution in [1.82, 2.24) is 9.78 Å². The van der Waals surface area contributed by atoms with E-state index in [1.54, 1.807) is 18.2 Å². The number of amides is 1. The summed E-state index contributed by atoms with van der Waals surface area (Å²) in [4.78, 5) is 35.0. The van der Waals surface area contributed by atoms with Crippen LogP contribution in [0.2, 0.25) is 0 Å². The minimum absolute atomic E-state index is 0.0626. The minimum Gasteiger partial charge on any atom is -0.478 e. The Hall–Kier alpha value is -4.42. The van der Waals surface area contributed by atoms with Gasteiger partial charge in [0.15, 0.2) is 0 Å². The summed E-state index contributed by atoms with van der Waals surface area (Å²) in [7, 11) is 3.76. The lowest BCUT2D eigenvalue weighted by atomic mass is 10.1. The predicted octanol–water partition coefficient (Wildman–Crippen LogP) is 4.83. The van der Waals surface area contributed by atoms with E-state index < -0.39 is 29.8 Å². The molecule has 9 nitrogen and oxygen atoms in total. The first-order valence-electron chi connectivity index (χ1n) is 11.6. The first-order valence-corrected chi connectivity index (χ1v) is 11.6. The Labute approximate surface area is 221 Å². The molecular formula is C26H28F4N4O5. The van der Waals surface area contributed by atoms with Crippen molar-refractivity contribution in [3.05, 3.63) is 76.4 Å². The average Bonchev–Trinajstić information content (AvgIpc) is 3.09. The smallest absolute Gasteiger partial charge is 0.478 e. The molecule has 2 aromatic carbocycles. The SMILES string of the molecule is Cc1nn(C)c(C)c1CCCN(C)c1ccc(NC(=O)c2ccccc2F)cc1C(=O)O.O=C(O)C(F)(F)F. The molecule has 0 saturated heterocycles. The van der Waals surface area contributed by atoms with Gasteiger partial charge in [0.1, 0.15) is 5.82 Å². The third-order valence-electron chi connectivity index (χ3n) is 5.84. The Morgan fingerprint density at radius 3 is 2.18 bits per heavy atom. The number of hydrogen-bond donors (Lipinski definition) is 3. The highest BCUT2D eigenvalue weighted by molar-refractivity contribution is 6.05. The molecule has 0 fully saturated rings. The van der Waals surface area contributed by atoms with Gasteiger partial charge in [-0.1, -0.05) is 12.1 Å². The number of carboxylic acid groups (broad SMARTS) is 2.